The smallest absolute Gasteiger partial charge is 0.414 e. The maximum absolute atomic E-state index is 15.2. The topological polar surface area (TPSA) is 121 Å². The summed E-state index contributed by atoms with van der Waals surface area (Å²) in [6.07, 6.45) is -0.829. The van der Waals surface area contributed by atoms with Gasteiger partial charge >= 0.3 is 11.7 Å². The van der Waals surface area contributed by atoms with E-state index >= 15 is 4.39 Å². The standard InChI is InChI=1S/C23H26ClFN4O6S/c1-26-36(32,33)27-18-8-6-7-13(21(18)25)9-15-16(12-28(2)3)14-10-17(24)20(35-23(31)29(4)5)11-19(14)34-22(15)30/h6-8,10-11,26-27H,9,12H2,1-5H3. The molecule has 3 aromatic rings. The van der Waals surface area contributed by atoms with Crippen molar-refractivity contribution in [1.29, 1.82) is 0 Å². The highest BCUT2D eigenvalue weighted by Crippen LogP contribution is 2.34. The van der Waals surface area contributed by atoms with Crippen LogP contribution < -0.4 is 19.8 Å². The molecule has 0 fully saturated rings. The van der Waals surface area contributed by atoms with E-state index in [0.29, 0.717) is 10.9 Å². The van der Waals surface area contributed by atoms with E-state index in [1.807, 2.05) is 4.90 Å². The molecule has 0 bridgehead atoms. The minimum atomic E-state index is -3.95. The predicted molar refractivity (Wildman–Crippen MR) is 135 cm³/mol. The number of benzene rings is 2. The van der Waals surface area contributed by atoms with E-state index in [-0.39, 0.29) is 46.1 Å². The molecule has 13 heteroatoms. The normalized spacial score (nSPS) is 11.7. The summed E-state index contributed by atoms with van der Waals surface area (Å²) >= 11 is 6.37. The van der Waals surface area contributed by atoms with Crippen LogP contribution in [-0.4, -0.2) is 59.5 Å². The summed E-state index contributed by atoms with van der Waals surface area (Å²) in [5.41, 5.74) is -0.0380. The Balaban J connectivity index is 2.14. The molecular formula is C23H26ClFN4O6S. The molecule has 2 N–H and O–H groups in total. The van der Waals surface area contributed by atoms with Crippen LogP contribution in [0.25, 0.3) is 11.0 Å². The number of halogens is 2. The summed E-state index contributed by atoms with van der Waals surface area (Å²) in [5.74, 6) is -0.805. The molecule has 1 aromatic heterocycles. The molecule has 1 heterocycles. The molecule has 3 rings (SSSR count). The van der Waals surface area contributed by atoms with Gasteiger partial charge < -0.3 is 19.0 Å². The molecule has 0 atom stereocenters. The fraction of sp³-hybridized carbons (Fsp3) is 0.304. The molecule has 194 valence electrons. The van der Waals surface area contributed by atoms with E-state index in [9.17, 15) is 18.0 Å². The van der Waals surface area contributed by atoms with Crippen molar-refractivity contribution in [2.45, 2.75) is 13.0 Å². The van der Waals surface area contributed by atoms with Gasteiger partial charge in [-0.2, -0.15) is 8.42 Å². The maximum Gasteiger partial charge on any atom is 0.414 e. The molecule has 10 nitrogen and oxygen atoms in total. The van der Waals surface area contributed by atoms with Gasteiger partial charge in [-0.3, -0.25) is 4.72 Å². The fourth-order valence-electron chi connectivity index (χ4n) is 3.42. The van der Waals surface area contributed by atoms with Crippen LogP contribution in [0.3, 0.4) is 0 Å². The van der Waals surface area contributed by atoms with E-state index in [2.05, 4.69) is 9.44 Å². The van der Waals surface area contributed by atoms with Gasteiger partial charge in [0, 0.05) is 51.1 Å². The van der Waals surface area contributed by atoms with Crippen molar-refractivity contribution in [3.05, 3.63) is 68.3 Å². The third-order valence-corrected chi connectivity index (χ3v) is 6.49. The number of hydrogen-bond donors (Lipinski definition) is 2. The minimum Gasteiger partial charge on any atom is -0.422 e. The summed E-state index contributed by atoms with van der Waals surface area (Å²) in [4.78, 5) is 28.1. The van der Waals surface area contributed by atoms with Gasteiger partial charge in [-0.05, 0) is 37.4 Å². The number of carbonyl (C=O) groups excluding carboxylic acids is 1. The Morgan fingerprint density at radius 3 is 2.47 bits per heavy atom. The molecule has 0 aliphatic heterocycles. The first-order chi connectivity index (χ1) is 16.8. The van der Waals surface area contributed by atoms with Gasteiger partial charge in [-0.1, -0.05) is 23.7 Å². The van der Waals surface area contributed by atoms with Crippen LogP contribution in [0, 0.1) is 5.82 Å². The van der Waals surface area contributed by atoms with Crippen molar-refractivity contribution in [2.24, 2.45) is 0 Å². The molecule has 2 aromatic carbocycles. The summed E-state index contributed by atoms with van der Waals surface area (Å²) in [6, 6.07) is 7.08. The lowest BCUT2D eigenvalue weighted by Crippen LogP contribution is -2.27. The number of rotatable bonds is 8. The second-order valence-electron chi connectivity index (χ2n) is 8.39. The highest BCUT2D eigenvalue weighted by Gasteiger charge is 2.21. The van der Waals surface area contributed by atoms with E-state index < -0.39 is 27.7 Å². The molecule has 0 saturated carbocycles. The highest BCUT2D eigenvalue weighted by molar-refractivity contribution is 7.90. The summed E-state index contributed by atoms with van der Waals surface area (Å²) in [6.45, 7) is 0.290. The number of fused-ring (bicyclic) bond motifs is 1. The van der Waals surface area contributed by atoms with Gasteiger partial charge in [-0.15, -0.1) is 0 Å². The number of carbonyl (C=O) groups is 1. The van der Waals surface area contributed by atoms with Crippen LogP contribution in [0.1, 0.15) is 16.7 Å². The lowest BCUT2D eigenvalue weighted by atomic mass is 9.97. The lowest BCUT2D eigenvalue weighted by Gasteiger charge is -2.18. The average molecular weight is 541 g/mol. The van der Waals surface area contributed by atoms with Crippen LogP contribution >= 0.6 is 11.6 Å². The van der Waals surface area contributed by atoms with Crippen LogP contribution in [0.2, 0.25) is 5.02 Å². The summed E-state index contributed by atoms with van der Waals surface area (Å²) in [7, 11) is 3.86. The molecule has 0 aliphatic rings. The zero-order valence-electron chi connectivity index (χ0n) is 20.3. The van der Waals surface area contributed by atoms with Crippen molar-refractivity contribution in [3.8, 4) is 5.75 Å². The number of hydrogen-bond acceptors (Lipinski definition) is 7. The molecule has 36 heavy (non-hydrogen) atoms. The second kappa shape index (κ2) is 10.8. The van der Waals surface area contributed by atoms with Crippen LogP contribution in [-0.2, 0) is 23.2 Å². The third-order valence-electron chi connectivity index (χ3n) is 5.17. The van der Waals surface area contributed by atoms with Crippen LogP contribution in [0.15, 0.2) is 39.5 Å². The number of anilines is 1. The van der Waals surface area contributed by atoms with Crippen LogP contribution in [0.5, 0.6) is 5.75 Å². The number of nitrogens with one attached hydrogen (secondary N) is 2. The molecule has 0 saturated heterocycles. The highest BCUT2D eigenvalue weighted by atomic mass is 35.5. The Morgan fingerprint density at radius 1 is 1.17 bits per heavy atom. The van der Waals surface area contributed by atoms with Crippen molar-refractivity contribution in [2.75, 3.05) is 40.0 Å². The third kappa shape index (κ3) is 6.13. The monoisotopic (exact) mass is 540 g/mol. The lowest BCUT2D eigenvalue weighted by molar-refractivity contribution is 0.172. The number of amides is 1. The molecular weight excluding hydrogens is 515 g/mol. The SMILES string of the molecule is CNS(=O)(=O)Nc1cccc(Cc2c(CN(C)C)c3cc(Cl)c(OC(=O)N(C)C)cc3oc2=O)c1F. The van der Waals surface area contributed by atoms with Crippen molar-refractivity contribution in [3.63, 3.8) is 0 Å². The first kappa shape index (κ1) is 27.4. The van der Waals surface area contributed by atoms with Gasteiger partial charge in [0.05, 0.1) is 10.7 Å². The minimum absolute atomic E-state index is 0.0186. The Labute approximate surface area is 212 Å². The predicted octanol–water partition coefficient (Wildman–Crippen LogP) is 3.17. The average Bonchev–Trinajstić information content (AvgIpc) is 2.79. The molecule has 0 unspecified atom stereocenters. The van der Waals surface area contributed by atoms with Gasteiger partial charge in [0.2, 0.25) is 0 Å². The van der Waals surface area contributed by atoms with E-state index in [1.165, 1.54) is 56.4 Å². The van der Waals surface area contributed by atoms with Crippen molar-refractivity contribution < 1.29 is 26.8 Å². The zero-order chi connectivity index (χ0) is 26.8. The van der Waals surface area contributed by atoms with Gasteiger partial charge in [0.25, 0.3) is 10.2 Å². The molecule has 0 aliphatic carbocycles. The first-order valence-electron chi connectivity index (χ1n) is 10.6. The number of ether oxygens (including phenoxy) is 1. The second-order valence-corrected chi connectivity index (χ2v) is 10.4. The summed E-state index contributed by atoms with van der Waals surface area (Å²) in [5, 5.41) is 0.604. The van der Waals surface area contributed by atoms with Gasteiger partial charge in [0.1, 0.15) is 5.58 Å². The molecule has 0 radical (unpaired) electrons. The molecule has 1 amide bonds. The largest absolute Gasteiger partial charge is 0.422 e. The quantitative estimate of drug-likeness (QED) is 0.421. The van der Waals surface area contributed by atoms with Crippen molar-refractivity contribution >= 4 is 44.6 Å². The van der Waals surface area contributed by atoms with Crippen LogP contribution in [0.4, 0.5) is 14.9 Å². The first-order valence-corrected chi connectivity index (χ1v) is 12.5. The number of nitrogens with zero attached hydrogens (tertiary/aromatic N) is 2. The zero-order valence-corrected chi connectivity index (χ0v) is 21.9. The Morgan fingerprint density at radius 2 is 1.86 bits per heavy atom. The summed E-state index contributed by atoms with van der Waals surface area (Å²) < 4.78 is 53.8. The maximum atomic E-state index is 15.2. The van der Waals surface area contributed by atoms with E-state index in [4.69, 9.17) is 20.8 Å². The van der Waals surface area contributed by atoms with E-state index in [1.54, 1.807) is 14.1 Å². The van der Waals surface area contributed by atoms with Gasteiger partial charge in [-0.25, -0.2) is 18.7 Å². The fourth-order valence-corrected chi connectivity index (χ4v) is 4.17. The van der Waals surface area contributed by atoms with E-state index in [0.717, 1.165) is 0 Å². The molecule has 0 spiro atoms. The Hall–Kier alpha value is -3.19. The van der Waals surface area contributed by atoms with Gasteiger partial charge in [0.15, 0.2) is 11.6 Å². The van der Waals surface area contributed by atoms with Crippen molar-refractivity contribution in [1.82, 2.24) is 14.5 Å². The Bertz CT molecular complexity index is 1470. The Kier molecular flexibility index (Phi) is 8.24.